The number of esters is 1. The Morgan fingerprint density at radius 2 is 1.94 bits per heavy atom. The molecule has 0 fully saturated rings. The summed E-state index contributed by atoms with van der Waals surface area (Å²) in [5.74, 6) is -0.782. The molecule has 0 spiro atoms. The van der Waals surface area contributed by atoms with Gasteiger partial charge in [-0.2, -0.15) is 0 Å². The van der Waals surface area contributed by atoms with E-state index in [9.17, 15) is 14.4 Å². The fourth-order valence-corrected chi connectivity index (χ4v) is 4.06. The third-order valence-electron chi connectivity index (χ3n) is 5.74. The minimum Gasteiger partial charge on any atom is -0.459 e. The van der Waals surface area contributed by atoms with Gasteiger partial charge in [-0.15, -0.1) is 0 Å². The van der Waals surface area contributed by atoms with Crippen LogP contribution in [0.15, 0.2) is 76.3 Å². The standard InChI is InChI=1S/C25H21N3O5/c1-16-8-9-22-26-19(12-23(29)28(22)13-16)15-33-25(31)20-11-17-5-2-3-6-18(17)14-27(20)24(30)21-7-4-10-32-21/h2-10,12-13,20H,11,14-15H2,1H3. The maximum atomic E-state index is 13.1. The summed E-state index contributed by atoms with van der Waals surface area (Å²) in [7, 11) is 0. The average molecular weight is 443 g/mol. The number of ether oxygens (including phenoxy) is 1. The summed E-state index contributed by atoms with van der Waals surface area (Å²) in [5, 5.41) is 0. The van der Waals surface area contributed by atoms with Crippen LogP contribution in [0.5, 0.6) is 0 Å². The van der Waals surface area contributed by atoms with Gasteiger partial charge >= 0.3 is 5.97 Å². The summed E-state index contributed by atoms with van der Waals surface area (Å²) in [6.45, 7) is 1.99. The van der Waals surface area contributed by atoms with Gasteiger partial charge in [0.05, 0.1) is 12.0 Å². The van der Waals surface area contributed by atoms with E-state index in [0.717, 1.165) is 16.7 Å². The molecule has 0 bridgehead atoms. The van der Waals surface area contributed by atoms with E-state index < -0.39 is 12.0 Å². The van der Waals surface area contributed by atoms with Gasteiger partial charge in [-0.1, -0.05) is 30.3 Å². The number of amides is 1. The normalized spacial score (nSPS) is 15.3. The molecule has 1 aromatic carbocycles. The van der Waals surface area contributed by atoms with Gasteiger partial charge in [-0.3, -0.25) is 14.0 Å². The minimum absolute atomic E-state index is 0.159. The van der Waals surface area contributed by atoms with E-state index >= 15 is 0 Å². The second-order valence-corrected chi connectivity index (χ2v) is 8.03. The number of nitrogens with zero attached hydrogens (tertiary/aromatic N) is 3. The molecule has 0 saturated heterocycles. The molecule has 8 nitrogen and oxygen atoms in total. The highest BCUT2D eigenvalue weighted by atomic mass is 16.5. The van der Waals surface area contributed by atoms with E-state index in [4.69, 9.17) is 9.15 Å². The highest BCUT2D eigenvalue weighted by molar-refractivity contribution is 5.95. The Labute approximate surface area is 189 Å². The second-order valence-electron chi connectivity index (χ2n) is 8.03. The van der Waals surface area contributed by atoms with Crippen molar-refractivity contribution in [2.45, 2.75) is 32.5 Å². The van der Waals surface area contributed by atoms with Crippen LogP contribution in [0.3, 0.4) is 0 Å². The van der Waals surface area contributed by atoms with E-state index in [1.54, 1.807) is 24.4 Å². The number of rotatable bonds is 4. The lowest BCUT2D eigenvalue weighted by atomic mass is 9.93. The van der Waals surface area contributed by atoms with Crippen molar-refractivity contribution in [1.82, 2.24) is 14.3 Å². The molecule has 5 rings (SSSR count). The van der Waals surface area contributed by atoms with E-state index in [1.807, 2.05) is 37.3 Å². The first-order chi connectivity index (χ1) is 16.0. The Morgan fingerprint density at radius 1 is 1.12 bits per heavy atom. The topological polar surface area (TPSA) is 94.1 Å². The van der Waals surface area contributed by atoms with Crippen LogP contribution in [0.4, 0.5) is 0 Å². The molecular formula is C25H21N3O5. The first kappa shape index (κ1) is 20.7. The Hall–Kier alpha value is -4.20. The second kappa shape index (κ2) is 8.38. The summed E-state index contributed by atoms with van der Waals surface area (Å²) < 4.78 is 12.2. The van der Waals surface area contributed by atoms with E-state index in [1.165, 1.54) is 21.6 Å². The molecule has 8 heteroatoms. The molecule has 1 aliphatic rings. The highest BCUT2D eigenvalue weighted by Crippen LogP contribution is 2.26. The third-order valence-corrected chi connectivity index (χ3v) is 5.74. The van der Waals surface area contributed by atoms with E-state index in [0.29, 0.717) is 17.8 Å². The summed E-state index contributed by atoms with van der Waals surface area (Å²) >= 11 is 0. The van der Waals surface area contributed by atoms with E-state index in [2.05, 4.69) is 4.98 Å². The van der Waals surface area contributed by atoms with Gasteiger partial charge in [0.15, 0.2) is 5.76 Å². The molecular weight excluding hydrogens is 422 g/mol. The summed E-state index contributed by atoms with van der Waals surface area (Å²) in [6.07, 6.45) is 3.45. The van der Waals surface area contributed by atoms with Crippen molar-refractivity contribution < 1.29 is 18.7 Å². The van der Waals surface area contributed by atoms with Crippen LogP contribution in [0.1, 0.15) is 32.9 Å². The molecule has 1 amide bonds. The fourth-order valence-electron chi connectivity index (χ4n) is 4.06. The molecule has 0 aliphatic carbocycles. The Kier molecular flexibility index (Phi) is 5.26. The van der Waals surface area contributed by atoms with Crippen molar-refractivity contribution in [3.8, 4) is 0 Å². The molecule has 166 valence electrons. The number of aromatic nitrogens is 2. The SMILES string of the molecule is Cc1ccc2nc(COC(=O)C3Cc4ccccc4CN3C(=O)c3ccco3)cc(=O)n2c1. The predicted octanol–water partition coefficient (Wildman–Crippen LogP) is 2.91. The van der Waals surface area contributed by atoms with Crippen LogP contribution in [0.2, 0.25) is 0 Å². The zero-order valence-electron chi connectivity index (χ0n) is 17.9. The summed E-state index contributed by atoms with van der Waals surface area (Å²) in [4.78, 5) is 44.5. The number of carbonyl (C=O) groups excluding carboxylic acids is 2. The first-order valence-corrected chi connectivity index (χ1v) is 10.6. The number of benzene rings is 1. The highest BCUT2D eigenvalue weighted by Gasteiger charge is 2.37. The van der Waals surface area contributed by atoms with Crippen molar-refractivity contribution >= 4 is 17.5 Å². The lowest BCUT2D eigenvalue weighted by molar-refractivity contribution is -0.151. The van der Waals surface area contributed by atoms with Crippen LogP contribution in [0.25, 0.3) is 5.65 Å². The van der Waals surface area contributed by atoms with Crippen molar-refractivity contribution in [2.24, 2.45) is 0 Å². The number of hydrogen-bond acceptors (Lipinski definition) is 6. The molecule has 0 radical (unpaired) electrons. The van der Waals surface area contributed by atoms with Crippen LogP contribution in [-0.2, 0) is 29.1 Å². The molecule has 4 aromatic rings. The number of furan rings is 1. The quantitative estimate of drug-likeness (QED) is 0.450. The molecule has 4 heterocycles. The number of aryl methyl sites for hydroxylation is 1. The van der Waals surface area contributed by atoms with Crippen LogP contribution in [-0.4, -0.2) is 32.2 Å². The molecule has 1 unspecified atom stereocenters. The van der Waals surface area contributed by atoms with Crippen LogP contribution < -0.4 is 5.56 Å². The Bertz CT molecular complexity index is 1410. The molecule has 1 atom stereocenters. The van der Waals surface area contributed by atoms with Gasteiger partial charge in [-0.25, -0.2) is 9.78 Å². The van der Waals surface area contributed by atoms with Crippen molar-refractivity contribution in [3.05, 3.63) is 106 Å². The lowest BCUT2D eigenvalue weighted by Gasteiger charge is -2.34. The number of carbonyl (C=O) groups is 2. The van der Waals surface area contributed by atoms with Gasteiger partial charge in [0.2, 0.25) is 0 Å². The Morgan fingerprint density at radius 3 is 2.73 bits per heavy atom. The van der Waals surface area contributed by atoms with E-state index in [-0.39, 0.29) is 30.4 Å². The molecule has 0 saturated carbocycles. The molecule has 3 aromatic heterocycles. The van der Waals surface area contributed by atoms with Gasteiger partial charge in [0, 0.05) is 25.2 Å². The minimum atomic E-state index is -0.818. The smallest absolute Gasteiger partial charge is 0.329 e. The van der Waals surface area contributed by atoms with Gasteiger partial charge in [0.1, 0.15) is 18.3 Å². The molecule has 1 aliphatic heterocycles. The maximum absolute atomic E-state index is 13.1. The van der Waals surface area contributed by atoms with Crippen molar-refractivity contribution in [3.63, 3.8) is 0 Å². The maximum Gasteiger partial charge on any atom is 0.329 e. The van der Waals surface area contributed by atoms with Gasteiger partial charge in [-0.05, 0) is 41.8 Å². The van der Waals surface area contributed by atoms with Crippen molar-refractivity contribution in [2.75, 3.05) is 0 Å². The predicted molar refractivity (Wildman–Crippen MR) is 119 cm³/mol. The third kappa shape index (κ3) is 4.03. The van der Waals surface area contributed by atoms with Crippen LogP contribution in [0, 0.1) is 6.92 Å². The molecule has 0 N–H and O–H groups in total. The van der Waals surface area contributed by atoms with Crippen molar-refractivity contribution in [1.29, 1.82) is 0 Å². The van der Waals surface area contributed by atoms with Gasteiger partial charge < -0.3 is 14.1 Å². The number of fused-ring (bicyclic) bond motifs is 2. The monoisotopic (exact) mass is 443 g/mol. The van der Waals surface area contributed by atoms with Gasteiger partial charge in [0.25, 0.3) is 11.5 Å². The number of pyridine rings is 1. The largest absolute Gasteiger partial charge is 0.459 e. The van der Waals surface area contributed by atoms with Crippen LogP contribution >= 0.6 is 0 Å². The fraction of sp³-hybridized carbons (Fsp3) is 0.200. The zero-order valence-corrected chi connectivity index (χ0v) is 17.9. The number of hydrogen-bond donors (Lipinski definition) is 0. The Balaban J connectivity index is 1.39. The summed E-state index contributed by atoms with van der Waals surface area (Å²) in [6, 6.07) is 15.0. The molecule has 33 heavy (non-hydrogen) atoms. The average Bonchev–Trinajstić information content (AvgIpc) is 3.37. The summed E-state index contributed by atoms with van der Waals surface area (Å²) in [5.41, 5.74) is 3.46. The first-order valence-electron chi connectivity index (χ1n) is 10.6. The zero-order chi connectivity index (χ0) is 22.9. The lowest BCUT2D eigenvalue weighted by Crippen LogP contribution is -2.49.